The van der Waals surface area contributed by atoms with Crippen LogP contribution in [-0.2, 0) is 12.8 Å². The Labute approximate surface area is 190 Å². The lowest BCUT2D eigenvalue weighted by Gasteiger charge is -2.32. The molecule has 0 amide bonds. The van der Waals surface area contributed by atoms with E-state index in [2.05, 4.69) is 61.5 Å². The minimum Gasteiger partial charge on any atom is -0.320 e. The molecule has 2 N–H and O–H groups in total. The molecule has 0 unspecified atom stereocenters. The predicted octanol–water partition coefficient (Wildman–Crippen LogP) is 5.72. The third-order valence-electron chi connectivity index (χ3n) is 5.63. The SMILES string of the molecule is CCNC.Clc1cc(Br)c2c(c1)CCc1cc(Br)cnc1[C@@H]2C1CCNCC1. The molecule has 1 aliphatic heterocycles. The van der Waals surface area contributed by atoms with Crippen molar-refractivity contribution < 1.29 is 0 Å². The van der Waals surface area contributed by atoms with Crippen LogP contribution in [0.1, 0.15) is 48.1 Å². The third kappa shape index (κ3) is 5.17. The van der Waals surface area contributed by atoms with Crippen molar-refractivity contribution in [1.29, 1.82) is 0 Å². The maximum atomic E-state index is 6.34. The van der Waals surface area contributed by atoms with Crippen LogP contribution in [0, 0.1) is 5.92 Å². The van der Waals surface area contributed by atoms with Crippen LogP contribution in [0.3, 0.4) is 0 Å². The van der Waals surface area contributed by atoms with Gasteiger partial charge in [0.2, 0.25) is 0 Å². The molecule has 3 nitrogen and oxygen atoms in total. The lowest BCUT2D eigenvalue weighted by Crippen LogP contribution is -2.32. The first-order chi connectivity index (χ1) is 13.5. The Bertz CT molecular complexity index is 805. The molecule has 6 heteroatoms. The highest BCUT2D eigenvalue weighted by Gasteiger charge is 2.34. The Kier molecular flexibility index (Phi) is 8.36. The first-order valence-electron chi connectivity index (χ1n) is 10.0. The van der Waals surface area contributed by atoms with Crippen LogP contribution in [0.25, 0.3) is 0 Å². The highest BCUT2D eigenvalue weighted by molar-refractivity contribution is 9.10. The first kappa shape index (κ1) is 22.2. The Morgan fingerprint density at radius 2 is 1.82 bits per heavy atom. The predicted molar refractivity (Wildman–Crippen MR) is 126 cm³/mol. The summed E-state index contributed by atoms with van der Waals surface area (Å²) in [7, 11) is 1.93. The van der Waals surface area contributed by atoms with Crippen molar-refractivity contribution in [2.75, 3.05) is 26.7 Å². The lowest BCUT2D eigenvalue weighted by atomic mass is 9.77. The zero-order valence-corrected chi connectivity index (χ0v) is 20.4. The molecular weight excluding hydrogens is 502 g/mol. The summed E-state index contributed by atoms with van der Waals surface area (Å²) in [5.74, 6) is 0.965. The molecule has 2 aliphatic rings. The van der Waals surface area contributed by atoms with Gasteiger partial charge in [0.05, 0.1) is 5.69 Å². The molecule has 152 valence electrons. The summed E-state index contributed by atoms with van der Waals surface area (Å²) < 4.78 is 2.19. The number of hydrogen-bond donors (Lipinski definition) is 2. The van der Waals surface area contributed by atoms with Gasteiger partial charge in [-0.2, -0.15) is 0 Å². The van der Waals surface area contributed by atoms with Crippen LogP contribution < -0.4 is 10.6 Å². The number of rotatable bonds is 2. The molecule has 1 saturated heterocycles. The van der Waals surface area contributed by atoms with Crippen LogP contribution in [0.5, 0.6) is 0 Å². The van der Waals surface area contributed by atoms with E-state index in [1.165, 1.54) is 35.2 Å². The second kappa shape index (κ2) is 10.5. The van der Waals surface area contributed by atoms with Crippen LogP contribution in [0.15, 0.2) is 33.3 Å². The summed E-state index contributed by atoms with van der Waals surface area (Å²) in [6.07, 6.45) is 6.36. The second-order valence-corrected chi connectivity index (χ2v) is 9.64. The van der Waals surface area contributed by atoms with Gasteiger partial charge in [0.15, 0.2) is 0 Å². The van der Waals surface area contributed by atoms with Gasteiger partial charge in [-0.05, 0) is 109 Å². The maximum Gasteiger partial charge on any atom is 0.0514 e. The van der Waals surface area contributed by atoms with Crippen LogP contribution in [0.4, 0.5) is 0 Å². The molecule has 1 fully saturated rings. The number of piperidine rings is 1. The number of fused-ring (bicyclic) bond motifs is 2. The standard InChI is InChI=1S/C19H19Br2ClN2.C3H9N/c20-14-7-13-2-1-12-8-15(22)9-16(21)17(12)18(19(13)24-10-14)11-3-5-23-6-4-11;1-3-4-2/h7-11,18,23H,1-6H2;4H,3H2,1-2H3/t18-;/m1./s1. The van der Waals surface area contributed by atoms with Gasteiger partial charge in [0, 0.05) is 26.1 Å². The van der Waals surface area contributed by atoms with Gasteiger partial charge in [0.1, 0.15) is 0 Å². The zero-order valence-electron chi connectivity index (χ0n) is 16.5. The van der Waals surface area contributed by atoms with Gasteiger partial charge in [0.25, 0.3) is 0 Å². The number of pyridine rings is 1. The van der Waals surface area contributed by atoms with Gasteiger partial charge in [-0.1, -0.05) is 34.5 Å². The Hall–Kier alpha value is -0.460. The number of benzene rings is 1. The van der Waals surface area contributed by atoms with Crippen LogP contribution in [0.2, 0.25) is 5.02 Å². The van der Waals surface area contributed by atoms with Crippen LogP contribution >= 0.6 is 43.5 Å². The molecule has 2 heterocycles. The topological polar surface area (TPSA) is 37.0 Å². The van der Waals surface area contributed by atoms with E-state index in [4.69, 9.17) is 16.6 Å². The van der Waals surface area contributed by atoms with Crippen molar-refractivity contribution in [2.45, 2.75) is 38.5 Å². The molecule has 0 radical (unpaired) electrons. The summed E-state index contributed by atoms with van der Waals surface area (Å²) in [6.45, 7) is 5.32. The van der Waals surface area contributed by atoms with Crippen molar-refractivity contribution in [1.82, 2.24) is 15.6 Å². The second-order valence-electron chi connectivity index (χ2n) is 7.43. The Balaban J connectivity index is 0.000000516. The fourth-order valence-corrected chi connectivity index (χ4v) is 5.71. The summed E-state index contributed by atoms with van der Waals surface area (Å²) >= 11 is 13.7. The van der Waals surface area contributed by atoms with E-state index in [1.807, 2.05) is 19.3 Å². The van der Waals surface area contributed by atoms with E-state index in [-0.39, 0.29) is 0 Å². The van der Waals surface area contributed by atoms with E-state index in [1.54, 1.807) is 0 Å². The first-order valence-corrected chi connectivity index (χ1v) is 12.0. The number of aromatic nitrogens is 1. The van der Waals surface area contributed by atoms with Crippen molar-refractivity contribution in [2.24, 2.45) is 5.92 Å². The van der Waals surface area contributed by atoms with Gasteiger partial charge >= 0.3 is 0 Å². The molecule has 1 atom stereocenters. The average Bonchev–Trinajstić information content (AvgIpc) is 2.85. The summed E-state index contributed by atoms with van der Waals surface area (Å²) in [4.78, 5) is 4.88. The van der Waals surface area contributed by atoms with E-state index in [9.17, 15) is 0 Å². The average molecular weight is 530 g/mol. The molecule has 2 aromatic rings. The molecule has 0 saturated carbocycles. The van der Waals surface area contributed by atoms with E-state index >= 15 is 0 Å². The van der Waals surface area contributed by atoms with Gasteiger partial charge in [-0.3, -0.25) is 4.98 Å². The summed E-state index contributed by atoms with van der Waals surface area (Å²) in [5.41, 5.74) is 5.39. The number of halogens is 3. The monoisotopic (exact) mass is 527 g/mol. The molecular formula is C22H28Br2ClN3. The third-order valence-corrected chi connectivity index (χ3v) is 6.93. The quantitative estimate of drug-likeness (QED) is 0.523. The van der Waals surface area contributed by atoms with Crippen molar-refractivity contribution >= 4 is 43.5 Å². The number of hydrogen-bond acceptors (Lipinski definition) is 3. The number of nitrogens with one attached hydrogen (secondary N) is 2. The van der Waals surface area contributed by atoms with Crippen LogP contribution in [-0.4, -0.2) is 31.7 Å². The molecule has 1 aromatic heterocycles. The number of nitrogens with zero attached hydrogens (tertiary/aromatic N) is 1. The normalized spacial score (nSPS) is 19.1. The van der Waals surface area contributed by atoms with E-state index in [0.717, 1.165) is 46.4 Å². The summed E-state index contributed by atoms with van der Waals surface area (Å²) in [6, 6.07) is 6.44. The van der Waals surface area contributed by atoms with Gasteiger partial charge in [-0.15, -0.1) is 0 Å². The minimum absolute atomic E-state index is 0.347. The molecule has 0 bridgehead atoms. The fourth-order valence-electron chi connectivity index (χ4n) is 4.21. The Morgan fingerprint density at radius 3 is 2.50 bits per heavy atom. The Morgan fingerprint density at radius 1 is 1.14 bits per heavy atom. The molecule has 1 aromatic carbocycles. The van der Waals surface area contributed by atoms with Crippen molar-refractivity contribution in [3.63, 3.8) is 0 Å². The molecule has 0 spiro atoms. The largest absolute Gasteiger partial charge is 0.320 e. The maximum absolute atomic E-state index is 6.34. The van der Waals surface area contributed by atoms with E-state index in [0.29, 0.717) is 11.8 Å². The smallest absolute Gasteiger partial charge is 0.0514 e. The zero-order chi connectivity index (χ0) is 20.1. The highest BCUT2D eigenvalue weighted by Crippen LogP contribution is 2.45. The van der Waals surface area contributed by atoms with Gasteiger partial charge < -0.3 is 10.6 Å². The van der Waals surface area contributed by atoms with Crippen molar-refractivity contribution in [3.8, 4) is 0 Å². The van der Waals surface area contributed by atoms with Gasteiger partial charge in [-0.25, -0.2) is 0 Å². The molecule has 28 heavy (non-hydrogen) atoms. The van der Waals surface area contributed by atoms with Crippen molar-refractivity contribution in [3.05, 3.63) is 60.7 Å². The van der Waals surface area contributed by atoms with E-state index < -0.39 is 0 Å². The highest BCUT2D eigenvalue weighted by atomic mass is 79.9. The number of aryl methyl sites for hydroxylation is 2. The minimum atomic E-state index is 0.347. The fraction of sp³-hybridized carbons (Fsp3) is 0.500. The summed E-state index contributed by atoms with van der Waals surface area (Å²) in [5, 5.41) is 7.23. The lowest BCUT2D eigenvalue weighted by molar-refractivity contribution is 0.338. The molecule has 4 rings (SSSR count). The molecule has 1 aliphatic carbocycles.